The summed E-state index contributed by atoms with van der Waals surface area (Å²) in [5, 5.41) is 0. The van der Waals surface area contributed by atoms with E-state index < -0.39 is 0 Å². The van der Waals surface area contributed by atoms with E-state index in [9.17, 15) is 0 Å². The Hall–Kier alpha value is -0.170. The largest absolute Gasteiger partial charge is 0.500 e. The zero-order valence-corrected chi connectivity index (χ0v) is 5.98. The zero-order chi connectivity index (χ0) is 6.41. The molecule has 0 bridgehead atoms. The fourth-order valence-corrected chi connectivity index (χ4v) is 0.357. The molecule has 48 valence electrons. The molecule has 0 rings (SSSR count). The first-order valence-corrected chi connectivity index (χ1v) is 3.08. The van der Waals surface area contributed by atoms with Crippen LogP contribution in [-0.2, 0) is 4.74 Å². The van der Waals surface area contributed by atoms with Crippen molar-refractivity contribution in [2.24, 2.45) is 5.92 Å². The normalized spacial score (nSPS) is 11.0. The van der Waals surface area contributed by atoms with Gasteiger partial charge in [0.25, 0.3) is 0 Å². The predicted octanol–water partition coefficient (Wildman–Crippen LogP) is 2.37. The molecule has 0 N–H and O–H groups in total. The Morgan fingerprint density at radius 2 is 2.25 bits per heavy atom. The maximum absolute atomic E-state index is 5.18. The van der Waals surface area contributed by atoms with Crippen LogP contribution < -0.4 is 0 Å². The van der Waals surface area contributed by atoms with E-state index in [0.717, 1.165) is 6.61 Å². The van der Waals surface area contributed by atoms with Gasteiger partial charge >= 0.3 is 0 Å². The molecule has 0 saturated heterocycles. The van der Waals surface area contributed by atoms with Gasteiger partial charge in [0.2, 0.25) is 0 Å². The second-order valence-electron chi connectivity index (χ2n) is 1.99. The number of rotatable bonds is 3. The standard InChI is InChI=1S/C6H11ClO/c1-6(2)5-8-4-3-7/h3-4,6H,5H2,1-2H3/b4-3+. The van der Waals surface area contributed by atoms with Gasteiger partial charge in [-0.15, -0.1) is 0 Å². The van der Waals surface area contributed by atoms with E-state index in [1.807, 2.05) is 0 Å². The van der Waals surface area contributed by atoms with Crippen molar-refractivity contribution in [2.75, 3.05) is 6.61 Å². The van der Waals surface area contributed by atoms with Crippen molar-refractivity contribution in [3.8, 4) is 0 Å². The highest BCUT2D eigenvalue weighted by Gasteiger charge is 1.87. The number of halogens is 1. The lowest BCUT2D eigenvalue weighted by molar-refractivity contribution is 0.212. The summed E-state index contributed by atoms with van der Waals surface area (Å²) in [6.07, 6.45) is 1.49. The molecule has 8 heavy (non-hydrogen) atoms. The molecular weight excluding hydrogens is 124 g/mol. The number of ether oxygens (including phenoxy) is 1. The van der Waals surface area contributed by atoms with Crippen molar-refractivity contribution in [1.29, 1.82) is 0 Å². The van der Waals surface area contributed by atoms with Crippen LogP contribution in [0, 0.1) is 5.92 Å². The Morgan fingerprint density at radius 1 is 1.62 bits per heavy atom. The Bertz CT molecular complexity index is 68.9. The topological polar surface area (TPSA) is 9.23 Å². The van der Waals surface area contributed by atoms with Gasteiger partial charge < -0.3 is 4.74 Å². The molecule has 0 aromatic carbocycles. The monoisotopic (exact) mass is 134 g/mol. The fraction of sp³-hybridized carbons (Fsp3) is 0.667. The maximum atomic E-state index is 5.18. The van der Waals surface area contributed by atoms with Crippen LogP contribution in [0.2, 0.25) is 0 Å². The quantitative estimate of drug-likeness (QED) is 0.539. The lowest BCUT2D eigenvalue weighted by Gasteiger charge is -2.01. The Balaban J connectivity index is 2.93. The molecule has 0 aliphatic rings. The summed E-state index contributed by atoms with van der Waals surface area (Å²) >= 11 is 5.18. The van der Waals surface area contributed by atoms with Crippen molar-refractivity contribution in [1.82, 2.24) is 0 Å². The van der Waals surface area contributed by atoms with Gasteiger partial charge in [-0.2, -0.15) is 0 Å². The predicted molar refractivity (Wildman–Crippen MR) is 35.8 cm³/mol. The average Bonchev–Trinajstić information content (AvgIpc) is 1.66. The number of hydrogen-bond donors (Lipinski definition) is 0. The van der Waals surface area contributed by atoms with Gasteiger partial charge in [0.1, 0.15) is 0 Å². The van der Waals surface area contributed by atoms with Gasteiger partial charge in [-0.3, -0.25) is 0 Å². The van der Waals surface area contributed by atoms with E-state index in [4.69, 9.17) is 16.3 Å². The minimum absolute atomic E-state index is 0.572. The third-order valence-corrected chi connectivity index (χ3v) is 0.680. The third kappa shape index (κ3) is 5.83. The summed E-state index contributed by atoms with van der Waals surface area (Å²) in [7, 11) is 0. The first-order chi connectivity index (χ1) is 3.77. The molecule has 0 heterocycles. The summed E-state index contributed by atoms with van der Waals surface area (Å²) < 4.78 is 4.93. The minimum Gasteiger partial charge on any atom is -0.500 e. The maximum Gasteiger partial charge on any atom is 0.0942 e. The van der Waals surface area contributed by atoms with E-state index in [-0.39, 0.29) is 0 Å². The molecule has 0 aliphatic heterocycles. The van der Waals surface area contributed by atoms with Crippen molar-refractivity contribution in [3.05, 3.63) is 11.8 Å². The smallest absolute Gasteiger partial charge is 0.0942 e. The van der Waals surface area contributed by atoms with Crippen LogP contribution in [0.5, 0.6) is 0 Å². The highest BCUT2D eigenvalue weighted by atomic mass is 35.5. The van der Waals surface area contributed by atoms with Crippen LogP contribution in [-0.4, -0.2) is 6.61 Å². The zero-order valence-electron chi connectivity index (χ0n) is 5.23. The molecule has 0 aliphatic carbocycles. The van der Waals surface area contributed by atoms with Crippen molar-refractivity contribution >= 4 is 11.6 Å². The fourth-order valence-electron chi connectivity index (χ4n) is 0.284. The lowest BCUT2D eigenvalue weighted by Crippen LogP contribution is -1.95. The van der Waals surface area contributed by atoms with Crippen LogP contribution in [0.4, 0.5) is 0 Å². The molecule has 0 atom stereocenters. The third-order valence-electron chi connectivity index (χ3n) is 0.577. The van der Waals surface area contributed by atoms with E-state index >= 15 is 0 Å². The molecule has 0 amide bonds. The molecule has 0 aromatic heterocycles. The van der Waals surface area contributed by atoms with Gasteiger partial charge in [0, 0.05) is 5.54 Å². The second-order valence-corrected chi connectivity index (χ2v) is 2.24. The van der Waals surface area contributed by atoms with Crippen LogP contribution in [0.1, 0.15) is 13.8 Å². The molecule has 0 fully saturated rings. The van der Waals surface area contributed by atoms with Crippen molar-refractivity contribution in [3.63, 3.8) is 0 Å². The minimum atomic E-state index is 0.572. The van der Waals surface area contributed by atoms with Crippen molar-refractivity contribution in [2.45, 2.75) is 13.8 Å². The lowest BCUT2D eigenvalue weighted by atomic mass is 10.2. The summed E-state index contributed by atoms with van der Waals surface area (Å²) in [5.74, 6) is 0.572. The molecule has 0 unspecified atom stereocenters. The molecule has 1 nitrogen and oxygen atoms in total. The molecule has 0 saturated carbocycles. The Kier molecular flexibility index (Phi) is 4.87. The first kappa shape index (κ1) is 7.83. The highest BCUT2D eigenvalue weighted by molar-refractivity contribution is 6.25. The van der Waals surface area contributed by atoms with Gasteiger partial charge in [-0.25, -0.2) is 0 Å². The van der Waals surface area contributed by atoms with Gasteiger partial charge in [-0.05, 0) is 5.92 Å². The molecule has 0 aromatic rings. The molecule has 0 radical (unpaired) electrons. The van der Waals surface area contributed by atoms with E-state index in [0.29, 0.717) is 5.92 Å². The second kappa shape index (κ2) is 4.98. The summed E-state index contributed by atoms with van der Waals surface area (Å²) in [6.45, 7) is 4.91. The van der Waals surface area contributed by atoms with Gasteiger partial charge in [0.15, 0.2) is 0 Å². The summed E-state index contributed by atoms with van der Waals surface area (Å²) in [6, 6.07) is 0. The summed E-state index contributed by atoms with van der Waals surface area (Å²) in [5.41, 5.74) is 1.36. The highest BCUT2D eigenvalue weighted by Crippen LogP contribution is 1.92. The van der Waals surface area contributed by atoms with Crippen LogP contribution in [0.25, 0.3) is 0 Å². The van der Waals surface area contributed by atoms with Crippen LogP contribution >= 0.6 is 11.6 Å². The Labute approximate surface area is 55.3 Å². The number of hydrogen-bond acceptors (Lipinski definition) is 1. The van der Waals surface area contributed by atoms with E-state index in [1.165, 1.54) is 11.8 Å². The van der Waals surface area contributed by atoms with Gasteiger partial charge in [-0.1, -0.05) is 25.4 Å². The van der Waals surface area contributed by atoms with Crippen LogP contribution in [0.15, 0.2) is 11.8 Å². The SMILES string of the molecule is CC(C)CO/C=C/Cl. The molecule has 0 spiro atoms. The Morgan fingerprint density at radius 3 is 2.62 bits per heavy atom. The molecular formula is C6H11ClO. The van der Waals surface area contributed by atoms with E-state index in [2.05, 4.69) is 13.8 Å². The van der Waals surface area contributed by atoms with Gasteiger partial charge in [0.05, 0.1) is 12.9 Å². The average molecular weight is 135 g/mol. The van der Waals surface area contributed by atoms with E-state index in [1.54, 1.807) is 0 Å². The molecule has 2 heteroatoms. The van der Waals surface area contributed by atoms with Crippen LogP contribution in [0.3, 0.4) is 0 Å². The first-order valence-electron chi connectivity index (χ1n) is 2.64. The van der Waals surface area contributed by atoms with Crippen molar-refractivity contribution < 1.29 is 4.74 Å². The summed E-state index contributed by atoms with van der Waals surface area (Å²) in [4.78, 5) is 0.